The Labute approximate surface area is 123 Å². The molecule has 110 valence electrons. The van der Waals surface area contributed by atoms with E-state index in [9.17, 15) is 9.59 Å². The average Bonchev–Trinajstić information content (AvgIpc) is 2.93. The number of thiophene rings is 1. The molecule has 1 aliphatic heterocycles. The van der Waals surface area contributed by atoms with Crippen molar-refractivity contribution in [3.05, 3.63) is 21.9 Å². The molecular weight excluding hydrogens is 274 g/mol. The number of hydrogen-bond donors (Lipinski definition) is 2. The molecule has 2 heterocycles. The van der Waals surface area contributed by atoms with E-state index in [0.29, 0.717) is 32.5 Å². The number of nitrogens with two attached hydrogens (primary N) is 1. The predicted molar refractivity (Wildman–Crippen MR) is 79.4 cm³/mol. The lowest BCUT2D eigenvalue weighted by atomic mass is 9.96. The smallest absolute Gasteiger partial charge is 0.317 e. The molecule has 0 spiro atoms. The van der Waals surface area contributed by atoms with Crippen molar-refractivity contribution >= 4 is 23.3 Å². The predicted octanol–water partition coefficient (Wildman–Crippen LogP) is 1.72. The summed E-state index contributed by atoms with van der Waals surface area (Å²) in [5.74, 6) is -0.334. The molecule has 0 bridgehead atoms. The first kappa shape index (κ1) is 14.8. The van der Waals surface area contributed by atoms with Gasteiger partial charge in [0.2, 0.25) is 5.91 Å². The monoisotopic (exact) mass is 295 g/mol. The van der Waals surface area contributed by atoms with E-state index in [1.165, 1.54) is 9.75 Å². The van der Waals surface area contributed by atoms with Gasteiger partial charge in [-0.15, -0.1) is 11.3 Å². The van der Waals surface area contributed by atoms with Crippen molar-refractivity contribution in [2.75, 3.05) is 13.1 Å². The summed E-state index contributed by atoms with van der Waals surface area (Å²) in [5, 5.41) is 2.93. The highest BCUT2D eigenvalue weighted by Crippen LogP contribution is 2.18. The third-order valence-electron chi connectivity index (χ3n) is 3.66. The van der Waals surface area contributed by atoms with Crippen LogP contribution in [0.2, 0.25) is 0 Å². The van der Waals surface area contributed by atoms with Gasteiger partial charge in [-0.1, -0.05) is 6.92 Å². The maximum absolute atomic E-state index is 12.0. The van der Waals surface area contributed by atoms with Gasteiger partial charge in [-0.3, -0.25) is 4.79 Å². The normalized spacial score (nSPS) is 16.1. The van der Waals surface area contributed by atoms with Crippen LogP contribution in [0, 0.1) is 5.92 Å². The number of primary amides is 1. The van der Waals surface area contributed by atoms with Crippen molar-refractivity contribution in [1.29, 1.82) is 0 Å². The second kappa shape index (κ2) is 6.74. The summed E-state index contributed by atoms with van der Waals surface area (Å²) in [6, 6.07) is 4.10. The number of aryl methyl sites for hydroxylation is 1. The van der Waals surface area contributed by atoms with Crippen LogP contribution in [-0.4, -0.2) is 29.9 Å². The van der Waals surface area contributed by atoms with Crippen molar-refractivity contribution in [3.8, 4) is 0 Å². The van der Waals surface area contributed by atoms with E-state index >= 15 is 0 Å². The highest BCUT2D eigenvalue weighted by atomic mass is 32.1. The fraction of sp³-hybridized carbons (Fsp3) is 0.571. The molecule has 0 atom stereocenters. The minimum atomic E-state index is -0.254. The van der Waals surface area contributed by atoms with Crippen LogP contribution in [0.15, 0.2) is 12.1 Å². The lowest BCUT2D eigenvalue weighted by Crippen LogP contribution is -2.46. The van der Waals surface area contributed by atoms with Gasteiger partial charge >= 0.3 is 6.03 Å². The molecule has 20 heavy (non-hydrogen) atoms. The van der Waals surface area contributed by atoms with Crippen molar-refractivity contribution in [3.63, 3.8) is 0 Å². The van der Waals surface area contributed by atoms with Crippen LogP contribution in [0.5, 0.6) is 0 Å². The molecule has 1 aromatic rings. The Bertz CT molecular complexity index is 479. The number of carbonyl (C=O) groups excluding carboxylic acids is 2. The first-order valence-corrected chi connectivity index (χ1v) is 7.81. The number of rotatable bonds is 4. The molecule has 3 amide bonds. The molecule has 1 aliphatic rings. The largest absolute Gasteiger partial charge is 0.369 e. The van der Waals surface area contributed by atoms with E-state index in [2.05, 4.69) is 24.4 Å². The van der Waals surface area contributed by atoms with Crippen LogP contribution in [0.1, 0.15) is 29.5 Å². The topological polar surface area (TPSA) is 75.4 Å². The molecule has 3 N–H and O–H groups in total. The zero-order chi connectivity index (χ0) is 14.5. The van der Waals surface area contributed by atoms with Crippen LogP contribution < -0.4 is 11.1 Å². The second-order valence-electron chi connectivity index (χ2n) is 5.04. The zero-order valence-electron chi connectivity index (χ0n) is 11.7. The standard InChI is InChI=1S/C14H21N3O2S/c1-2-11-3-4-12(20-11)9-16-14(19)17-7-5-10(6-8-17)13(15)18/h3-4,10H,2,5-9H2,1H3,(H2,15,18)(H,16,19). The number of urea groups is 1. The Hall–Kier alpha value is -1.56. The molecule has 2 rings (SSSR count). The number of piperidine rings is 1. The van der Waals surface area contributed by atoms with Crippen LogP contribution in [0.3, 0.4) is 0 Å². The van der Waals surface area contributed by atoms with Crippen molar-refractivity contribution < 1.29 is 9.59 Å². The van der Waals surface area contributed by atoms with E-state index in [-0.39, 0.29) is 17.9 Å². The molecule has 1 aromatic heterocycles. The van der Waals surface area contributed by atoms with Gasteiger partial charge in [0.05, 0.1) is 6.54 Å². The molecule has 0 aliphatic carbocycles. The zero-order valence-corrected chi connectivity index (χ0v) is 12.5. The summed E-state index contributed by atoms with van der Waals surface area (Å²) < 4.78 is 0. The minimum Gasteiger partial charge on any atom is -0.369 e. The van der Waals surface area contributed by atoms with Crippen molar-refractivity contribution in [2.24, 2.45) is 11.7 Å². The van der Waals surface area contributed by atoms with E-state index in [1.807, 2.05) is 0 Å². The molecule has 0 radical (unpaired) electrons. The van der Waals surface area contributed by atoms with E-state index in [0.717, 1.165) is 6.42 Å². The third-order valence-corrected chi connectivity index (χ3v) is 4.89. The lowest BCUT2D eigenvalue weighted by molar-refractivity contribution is -0.123. The van der Waals surface area contributed by atoms with Gasteiger partial charge in [-0.25, -0.2) is 4.79 Å². The van der Waals surface area contributed by atoms with E-state index in [1.54, 1.807) is 16.2 Å². The highest BCUT2D eigenvalue weighted by molar-refractivity contribution is 7.11. The van der Waals surface area contributed by atoms with Gasteiger partial charge in [0, 0.05) is 28.8 Å². The van der Waals surface area contributed by atoms with Crippen molar-refractivity contribution in [2.45, 2.75) is 32.7 Å². The number of amides is 3. The first-order chi connectivity index (χ1) is 9.60. The summed E-state index contributed by atoms with van der Waals surface area (Å²) in [4.78, 5) is 27.4. The number of hydrogen-bond acceptors (Lipinski definition) is 3. The third kappa shape index (κ3) is 3.72. The fourth-order valence-electron chi connectivity index (χ4n) is 2.35. The Morgan fingerprint density at radius 3 is 2.55 bits per heavy atom. The molecule has 6 heteroatoms. The summed E-state index contributed by atoms with van der Waals surface area (Å²) >= 11 is 1.73. The van der Waals surface area contributed by atoms with Gasteiger partial charge < -0.3 is 16.0 Å². The number of nitrogens with zero attached hydrogens (tertiary/aromatic N) is 1. The Balaban J connectivity index is 1.77. The average molecular weight is 295 g/mol. The SMILES string of the molecule is CCc1ccc(CNC(=O)N2CCC(C(N)=O)CC2)s1. The molecule has 1 saturated heterocycles. The Morgan fingerprint density at radius 1 is 1.35 bits per heavy atom. The number of carbonyl (C=O) groups is 2. The Kier molecular flexibility index (Phi) is 5.00. The quantitative estimate of drug-likeness (QED) is 0.887. The maximum atomic E-state index is 12.0. The van der Waals surface area contributed by atoms with E-state index in [4.69, 9.17) is 5.73 Å². The van der Waals surface area contributed by atoms with Crippen molar-refractivity contribution in [1.82, 2.24) is 10.2 Å². The van der Waals surface area contributed by atoms with Gasteiger partial charge in [0.1, 0.15) is 0 Å². The molecule has 0 saturated carbocycles. The van der Waals surface area contributed by atoms with Gasteiger partial charge in [0.25, 0.3) is 0 Å². The van der Waals surface area contributed by atoms with Gasteiger partial charge in [0.15, 0.2) is 0 Å². The Morgan fingerprint density at radius 2 is 2.00 bits per heavy atom. The van der Waals surface area contributed by atoms with Crippen LogP contribution in [-0.2, 0) is 17.8 Å². The molecule has 5 nitrogen and oxygen atoms in total. The first-order valence-electron chi connectivity index (χ1n) is 6.99. The molecule has 1 fully saturated rings. The molecular formula is C14H21N3O2S. The lowest BCUT2D eigenvalue weighted by Gasteiger charge is -2.30. The summed E-state index contributed by atoms with van der Waals surface area (Å²) in [6.07, 6.45) is 2.36. The van der Waals surface area contributed by atoms with Crippen LogP contribution >= 0.6 is 11.3 Å². The summed E-state index contributed by atoms with van der Waals surface area (Å²) in [7, 11) is 0. The summed E-state index contributed by atoms with van der Waals surface area (Å²) in [5.41, 5.74) is 5.28. The minimum absolute atomic E-state index is 0.0561. The molecule has 0 aromatic carbocycles. The van der Waals surface area contributed by atoms with Crippen LogP contribution in [0.25, 0.3) is 0 Å². The maximum Gasteiger partial charge on any atom is 0.317 e. The molecule has 0 unspecified atom stereocenters. The second-order valence-corrected chi connectivity index (χ2v) is 6.30. The highest BCUT2D eigenvalue weighted by Gasteiger charge is 2.25. The summed E-state index contributed by atoms with van der Waals surface area (Å²) in [6.45, 7) is 3.89. The van der Waals surface area contributed by atoms with E-state index < -0.39 is 0 Å². The number of likely N-dealkylation sites (tertiary alicyclic amines) is 1. The fourth-order valence-corrected chi connectivity index (χ4v) is 3.25. The van der Waals surface area contributed by atoms with Gasteiger partial charge in [-0.05, 0) is 31.4 Å². The number of nitrogens with one attached hydrogen (secondary N) is 1. The van der Waals surface area contributed by atoms with Gasteiger partial charge in [-0.2, -0.15) is 0 Å². The van der Waals surface area contributed by atoms with Crippen LogP contribution in [0.4, 0.5) is 4.79 Å².